The van der Waals surface area contributed by atoms with Crippen molar-refractivity contribution in [3.8, 4) is 0 Å². The summed E-state index contributed by atoms with van der Waals surface area (Å²) in [5, 5.41) is 6.70. The van der Waals surface area contributed by atoms with E-state index >= 15 is 0 Å². The molecule has 0 aromatic carbocycles. The van der Waals surface area contributed by atoms with Gasteiger partial charge in [0.15, 0.2) is 0 Å². The van der Waals surface area contributed by atoms with E-state index in [1.54, 1.807) is 18.3 Å². The van der Waals surface area contributed by atoms with Crippen LogP contribution in [0.1, 0.15) is 21.9 Å². The van der Waals surface area contributed by atoms with Gasteiger partial charge in [-0.1, -0.05) is 5.16 Å². The third-order valence-corrected chi connectivity index (χ3v) is 2.22. The van der Waals surface area contributed by atoms with Gasteiger partial charge in [0.25, 0.3) is 0 Å². The van der Waals surface area contributed by atoms with E-state index in [4.69, 9.17) is 8.94 Å². The number of furan rings is 1. The molecule has 2 heterocycles. The SMILES string of the molecule is COC(=O)c1occc1CNCc1ccno1. The number of nitrogens with zero attached hydrogens (tertiary/aromatic N) is 1. The quantitative estimate of drug-likeness (QED) is 0.789. The first-order chi connectivity index (χ1) is 8.31. The number of rotatable bonds is 5. The highest BCUT2D eigenvalue weighted by Gasteiger charge is 2.15. The zero-order chi connectivity index (χ0) is 12.1. The van der Waals surface area contributed by atoms with Crippen LogP contribution in [0.3, 0.4) is 0 Å². The van der Waals surface area contributed by atoms with Gasteiger partial charge >= 0.3 is 5.97 Å². The second-order valence-corrected chi connectivity index (χ2v) is 3.35. The maximum Gasteiger partial charge on any atom is 0.374 e. The molecule has 0 aliphatic rings. The zero-order valence-electron chi connectivity index (χ0n) is 9.30. The highest BCUT2D eigenvalue weighted by molar-refractivity contribution is 5.87. The predicted octanol–water partition coefficient (Wildman–Crippen LogP) is 1.34. The Hall–Kier alpha value is -2.08. The lowest BCUT2D eigenvalue weighted by atomic mass is 10.2. The van der Waals surface area contributed by atoms with Crippen molar-refractivity contribution in [2.45, 2.75) is 13.1 Å². The van der Waals surface area contributed by atoms with Crippen molar-refractivity contribution in [2.24, 2.45) is 0 Å². The molecular weight excluding hydrogens is 224 g/mol. The van der Waals surface area contributed by atoms with Gasteiger partial charge in [0.2, 0.25) is 5.76 Å². The molecule has 0 atom stereocenters. The van der Waals surface area contributed by atoms with Gasteiger partial charge in [0.1, 0.15) is 5.76 Å². The Balaban J connectivity index is 1.91. The van der Waals surface area contributed by atoms with Gasteiger partial charge in [0, 0.05) is 18.2 Å². The molecule has 0 spiro atoms. The molecule has 0 fully saturated rings. The normalized spacial score (nSPS) is 10.4. The van der Waals surface area contributed by atoms with Crippen molar-refractivity contribution in [2.75, 3.05) is 7.11 Å². The molecule has 90 valence electrons. The summed E-state index contributed by atoms with van der Waals surface area (Å²) in [5.74, 6) is 0.470. The van der Waals surface area contributed by atoms with E-state index in [0.29, 0.717) is 13.1 Å². The fraction of sp³-hybridized carbons (Fsp3) is 0.273. The van der Waals surface area contributed by atoms with Gasteiger partial charge in [-0.25, -0.2) is 4.79 Å². The van der Waals surface area contributed by atoms with Crippen LogP contribution in [0.4, 0.5) is 0 Å². The number of carbonyl (C=O) groups is 1. The van der Waals surface area contributed by atoms with E-state index in [1.165, 1.54) is 13.4 Å². The summed E-state index contributed by atoms with van der Waals surface area (Å²) in [5.41, 5.74) is 0.747. The van der Waals surface area contributed by atoms with Crippen LogP contribution >= 0.6 is 0 Å². The van der Waals surface area contributed by atoms with Gasteiger partial charge < -0.3 is 19.0 Å². The Morgan fingerprint density at radius 2 is 2.35 bits per heavy atom. The predicted molar refractivity (Wildman–Crippen MR) is 57.1 cm³/mol. The monoisotopic (exact) mass is 236 g/mol. The topological polar surface area (TPSA) is 77.5 Å². The van der Waals surface area contributed by atoms with Crippen LogP contribution < -0.4 is 5.32 Å². The first kappa shape index (κ1) is 11.4. The first-order valence-corrected chi connectivity index (χ1v) is 5.06. The molecule has 0 amide bonds. The smallest absolute Gasteiger partial charge is 0.374 e. The minimum atomic E-state index is -0.480. The van der Waals surface area contributed by atoms with E-state index in [1.807, 2.05) is 0 Å². The minimum Gasteiger partial charge on any atom is -0.463 e. The number of hydrogen-bond donors (Lipinski definition) is 1. The van der Waals surface area contributed by atoms with Crippen LogP contribution in [0, 0.1) is 0 Å². The standard InChI is InChI=1S/C11H12N2O4/c1-15-11(14)10-8(3-5-16-10)6-12-7-9-2-4-13-17-9/h2-5,12H,6-7H2,1H3. The van der Waals surface area contributed by atoms with Crippen molar-refractivity contribution >= 4 is 5.97 Å². The summed E-state index contributed by atoms with van der Waals surface area (Å²) in [6.45, 7) is 1.02. The van der Waals surface area contributed by atoms with Crippen LogP contribution in [-0.2, 0) is 17.8 Å². The number of carbonyl (C=O) groups excluding carboxylic acids is 1. The molecule has 2 aromatic rings. The molecule has 0 aliphatic heterocycles. The lowest BCUT2D eigenvalue weighted by Crippen LogP contribution is -2.14. The molecule has 1 N–H and O–H groups in total. The fourth-order valence-corrected chi connectivity index (χ4v) is 1.40. The van der Waals surface area contributed by atoms with Gasteiger partial charge in [-0.15, -0.1) is 0 Å². The zero-order valence-corrected chi connectivity index (χ0v) is 9.30. The molecule has 0 bridgehead atoms. The van der Waals surface area contributed by atoms with Crippen LogP contribution in [0.25, 0.3) is 0 Å². The molecular formula is C11H12N2O4. The number of aromatic nitrogens is 1. The molecule has 17 heavy (non-hydrogen) atoms. The van der Waals surface area contributed by atoms with Crippen molar-refractivity contribution in [3.63, 3.8) is 0 Å². The van der Waals surface area contributed by atoms with Crippen molar-refractivity contribution in [3.05, 3.63) is 41.7 Å². The van der Waals surface area contributed by atoms with Gasteiger partial charge in [-0.2, -0.15) is 0 Å². The van der Waals surface area contributed by atoms with E-state index in [9.17, 15) is 4.79 Å². The lowest BCUT2D eigenvalue weighted by Gasteiger charge is -2.02. The number of esters is 1. The number of nitrogens with one attached hydrogen (secondary N) is 1. The lowest BCUT2D eigenvalue weighted by molar-refractivity contribution is 0.0563. The Labute approximate surface area is 97.5 Å². The van der Waals surface area contributed by atoms with Gasteiger partial charge in [-0.3, -0.25) is 0 Å². The van der Waals surface area contributed by atoms with E-state index in [2.05, 4.69) is 15.2 Å². The average Bonchev–Trinajstić information content (AvgIpc) is 2.99. The van der Waals surface area contributed by atoms with Crippen molar-refractivity contribution < 1.29 is 18.5 Å². The summed E-state index contributed by atoms with van der Waals surface area (Å²) >= 11 is 0. The average molecular weight is 236 g/mol. The van der Waals surface area contributed by atoms with Gasteiger partial charge in [0.05, 0.1) is 26.1 Å². The van der Waals surface area contributed by atoms with E-state index < -0.39 is 5.97 Å². The summed E-state index contributed by atoms with van der Waals surface area (Å²) in [7, 11) is 1.32. The second-order valence-electron chi connectivity index (χ2n) is 3.35. The summed E-state index contributed by atoms with van der Waals surface area (Å²) in [6, 6.07) is 3.49. The van der Waals surface area contributed by atoms with Gasteiger partial charge in [-0.05, 0) is 6.07 Å². The Morgan fingerprint density at radius 3 is 3.06 bits per heavy atom. The van der Waals surface area contributed by atoms with E-state index in [0.717, 1.165) is 11.3 Å². The molecule has 0 aliphatic carbocycles. The third-order valence-electron chi connectivity index (χ3n) is 2.22. The largest absolute Gasteiger partial charge is 0.463 e. The molecule has 2 rings (SSSR count). The van der Waals surface area contributed by atoms with Crippen LogP contribution in [0.2, 0.25) is 0 Å². The Bertz CT molecular complexity index is 475. The number of methoxy groups -OCH3 is 1. The minimum absolute atomic E-state index is 0.220. The maximum atomic E-state index is 11.3. The third kappa shape index (κ3) is 2.73. The first-order valence-electron chi connectivity index (χ1n) is 5.06. The molecule has 2 aromatic heterocycles. The summed E-state index contributed by atoms with van der Waals surface area (Å²) in [4.78, 5) is 11.3. The highest BCUT2D eigenvalue weighted by Crippen LogP contribution is 2.11. The van der Waals surface area contributed by atoms with Crippen LogP contribution in [-0.4, -0.2) is 18.2 Å². The second kappa shape index (κ2) is 5.31. The van der Waals surface area contributed by atoms with Crippen molar-refractivity contribution in [1.29, 1.82) is 0 Å². The molecule has 0 saturated heterocycles. The Kier molecular flexibility index (Phi) is 3.56. The maximum absolute atomic E-state index is 11.3. The fourth-order valence-electron chi connectivity index (χ4n) is 1.40. The number of ether oxygens (including phenoxy) is 1. The molecule has 0 saturated carbocycles. The summed E-state index contributed by atoms with van der Waals surface area (Å²) < 4.78 is 14.6. The molecule has 6 nitrogen and oxygen atoms in total. The van der Waals surface area contributed by atoms with Crippen LogP contribution in [0.15, 0.2) is 33.5 Å². The molecule has 0 radical (unpaired) electrons. The highest BCUT2D eigenvalue weighted by atomic mass is 16.5. The number of hydrogen-bond acceptors (Lipinski definition) is 6. The van der Waals surface area contributed by atoms with E-state index in [-0.39, 0.29) is 5.76 Å². The molecule has 6 heteroatoms. The Morgan fingerprint density at radius 1 is 1.47 bits per heavy atom. The summed E-state index contributed by atoms with van der Waals surface area (Å²) in [6.07, 6.45) is 3.03. The van der Waals surface area contributed by atoms with Crippen LogP contribution in [0.5, 0.6) is 0 Å². The van der Waals surface area contributed by atoms with Crippen molar-refractivity contribution in [1.82, 2.24) is 10.5 Å². The molecule has 0 unspecified atom stereocenters.